The van der Waals surface area contributed by atoms with Gasteiger partial charge in [-0.15, -0.1) is 0 Å². The van der Waals surface area contributed by atoms with E-state index in [1.165, 1.54) is 32.1 Å². The van der Waals surface area contributed by atoms with Crippen molar-refractivity contribution in [1.82, 2.24) is 19.9 Å². The van der Waals surface area contributed by atoms with Gasteiger partial charge in [-0.25, -0.2) is 0 Å². The van der Waals surface area contributed by atoms with Crippen LogP contribution in [-0.2, 0) is 0 Å². The van der Waals surface area contributed by atoms with E-state index in [2.05, 4.69) is 33.6 Å². The highest BCUT2D eigenvalue weighted by atomic mass is 15.4. The highest BCUT2D eigenvalue weighted by Gasteiger charge is 2.26. The number of piperazine rings is 1. The van der Waals surface area contributed by atoms with Gasteiger partial charge in [0.25, 0.3) is 0 Å². The lowest BCUT2D eigenvalue weighted by Crippen LogP contribution is -2.51. The molecule has 3 rings (SSSR count). The summed E-state index contributed by atoms with van der Waals surface area (Å²) in [5, 5.41) is 0. The number of hydrogen-bond acceptors (Lipinski definition) is 6. The first-order chi connectivity index (χ1) is 11.5. The van der Waals surface area contributed by atoms with Gasteiger partial charge in [0.1, 0.15) is 5.82 Å². The first kappa shape index (κ1) is 17.4. The van der Waals surface area contributed by atoms with Gasteiger partial charge in [0.2, 0.25) is 11.9 Å². The Labute approximate surface area is 146 Å². The van der Waals surface area contributed by atoms with Crippen molar-refractivity contribution in [3.05, 3.63) is 5.82 Å². The lowest BCUT2D eigenvalue weighted by Gasteiger charge is -2.40. The fourth-order valence-corrected chi connectivity index (χ4v) is 3.70. The molecule has 0 amide bonds. The molecular formula is C18H32N6. The lowest BCUT2D eigenvalue weighted by molar-refractivity contribution is 0.147. The molecule has 134 valence electrons. The van der Waals surface area contributed by atoms with E-state index in [0.717, 1.165) is 49.9 Å². The molecule has 0 aromatic carbocycles. The molecule has 2 aliphatic rings. The molecule has 1 aliphatic heterocycles. The van der Waals surface area contributed by atoms with Crippen LogP contribution in [0.3, 0.4) is 0 Å². The standard InChI is InChI=1S/C18H32N6/c1-14(2)16-19-17(22(3)4)21-18(20-16)24-12-10-23(11-13-24)15-8-6-5-7-9-15/h14-15H,5-13H2,1-4H3. The Kier molecular flexibility index (Phi) is 5.54. The van der Waals surface area contributed by atoms with Crippen molar-refractivity contribution in [3.63, 3.8) is 0 Å². The minimum atomic E-state index is 0.314. The van der Waals surface area contributed by atoms with Crippen LogP contribution in [0.5, 0.6) is 0 Å². The average Bonchev–Trinajstić information content (AvgIpc) is 2.62. The molecular weight excluding hydrogens is 300 g/mol. The van der Waals surface area contributed by atoms with Gasteiger partial charge in [-0.1, -0.05) is 33.1 Å². The Morgan fingerprint density at radius 3 is 2.17 bits per heavy atom. The quantitative estimate of drug-likeness (QED) is 0.844. The van der Waals surface area contributed by atoms with Crippen LogP contribution >= 0.6 is 0 Å². The van der Waals surface area contributed by atoms with Crippen molar-refractivity contribution in [2.45, 2.75) is 57.9 Å². The van der Waals surface area contributed by atoms with E-state index in [4.69, 9.17) is 4.98 Å². The third kappa shape index (κ3) is 3.97. The minimum Gasteiger partial charge on any atom is -0.347 e. The lowest BCUT2D eigenvalue weighted by atomic mass is 9.94. The van der Waals surface area contributed by atoms with Gasteiger partial charge in [0.15, 0.2) is 0 Å². The molecule has 24 heavy (non-hydrogen) atoms. The molecule has 0 radical (unpaired) electrons. The number of hydrogen-bond donors (Lipinski definition) is 0. The monoisotopic (exact) mass is 332 g/mol. The van der Waals surface area contributed by atoms with Crippen molar-refractivity contribution in [1.29, 1.82) is 0 Å². The summed E-state index contributed by atoms with van der Waals surface area (Å²) < 4.78 is 0. The maximum absolute atomic E-state index is 4.74. The van der Waals surface area contributed by atoms with E-state index in [0.29, 0.717) is 5.92 Å². The van der Waals surface area contributed by atoms with Crippen LogP contribution in [0.1, 0.15) is 57.7 Å². The van der Waals surface area contributed by atoms with Crippen LogP contribution in [0, 0.1) is 0 Å². The summed E-state index contributed by atoms with van der Waals surface area (Å²) in [7, 11) is 3.98. The van der Waals surface area contributed by atoms with Crippen molar-refractivity contribution in [2.75, 3.05) is 50.1 Å². The fourth-order valence-electron chi connectivity index (χ4n) is 3.70. The summed E-state index contributed by atoms with van der Waals surface area (Å²) >= 11 is 0. The van der Waals surface area contributed by atoms with Gasteiger partial charge in [0.05, 0.1) is 0 Å². The molecule has 0 N–H and O–H groups in total. The first-order valence-corrected chi connectivity index (χ1v) is 9.47. The number of anilines is 2. The maximum atomic E-state index is 4.74. The Hall–Kier alpha value is -1.43. The summed E-state index contributed by atoms with van der Waals surface area (Å²) in [6.45, 7) is 8.57. The molecule has 2 fully saturated rings. The number of aromatic nitrogens is 3. The van der Waals surface area contributed by atoms with Crippen LogP contribution in [-0.4, -0.2) is 66.2 Å². The summed E-state index contributed by atoms with van der Waals surface area (Å²) in [6.07, 6.45) is 7.00. The zero-order chi connectivity index (χ0) is 17.1. The van der Waals surface area contributed by atoms with Crippen molar-refractivity contribution in [2.24, 2.45) is 0 Å². The second-order valence-electron chi connectivity index (χ2n) is 7.66. The predicted octanol–water partition coefficient (Wildman–Crippen LogP) is 2.52. The molecule has 1 aromatic heterocycles. The Morgan fingerprint density at radius 1 is 0.917 bits per heavy atom. The zero-order valence-electron chi connectivity index (χ0n) is 15.7. The molecule has 0 spiro atoms. The molecule has 6 nitrogen and oxygen atoms in total. The highest BCUT2D eigenvalue weighted by molar-refractivity contribution is 5.39. The minimum absolute atomic E-state index is 0.314. The Balaban J connectivity index is 1.69. The largest absolute Gasteiger partial charge is 0.347 e. The maximum Gasteiger partial charge on any atom is 0.230 e. The summed E-state index contributed by atoms with van der Waals surface area (Å²) in [5.74, 6) is 2.81. The van der Waals surface area contributed by atoms with Crippen LogP contribution < -0.4 is 9.80 Å². The Morgan fingerprint density at radius 2 is 1.58 bits per heavy atom. The molecule has 1 saturated carbocycles. The highest BCUT2D eigenvalue weighted by Crippen LogP contribution is 2.25. The third-order valence-corrected chi connectivity index (χ3v) is 5.23. The summed E-state index contributed by atoms with van der Waals surface area (Å²) in [4.78, 5) is 21.0. The topological polar surface area (TPSA) is 48.4 Å². The second-order valence-corrected chi connectivity index (χ2v) is 7.66. The second kappa shape index (κ2) is 7.64. The molecule has 1 aliphatic carbocycles. The van der Waals surface area contributed by atoms with Crippen molar-refractivity contribution in [3.8, 4) is 0 Å². The molecule has 6 heteroatoms. The molecule has 0 unspecified atom stereocenters. The van der Waals surface area contributed by atoms with E-state index >= 15 is 0 Å². The van der Waals surface area contributed by atoms with E-state index in [-0.39, 0.29) is 0 Å². The zero-order valence-corrected chi connectivity index (χ0v) is 15.7. The number of rotatable bonds is 4. The van der Waals surface area contributed by atoms with Gasteiger partial charge >= 0.3 is 0 Å². The first-order valence-electron chi connectivity index (χ1n) is 9.47. The van der Waals surface area contributed by atoms with Crippen LogP contribution in [0.25, 0.3) is 0 Å². The van der Waals surface area contributed by atoms with Gasteiger partial charge in [0, 0.05) is 52.2 Å². The predicted molar refractivity (Wildman–Crippen MR) is 98.9 cm³/mol. The normalized spacial score (nSPS) is 20.6. The van der Waals surface area contributed by atoms with E-state index < -0.39 is 0 Å². The van der Waals surface area contributed by atoms with Gasteiger partial charge in [-0.05, 0) is 12.8 Å². The van der Waals surface area contributed by atoms with Crippen LogP contribution in [0.4, 0.5) is 11.9 Å². The Bertz CT molecular complexity index is 504. The molecule has 2 heterocycles. The van der Waals surface area contributed by atoms with E-state index in [1.54, 1.807) is 0 Å². The fraction of sp³-hybridized carbons (Fsp3) is 0.833. The van der Waals surface area contributed by atoms with Gasteiger partial charge in [-0.2, -0.15) is 15.0 Å². The molecule has 0 bridgehead atoms. The molecule has 1 aromatic rings. The SMILES string of the molecule is CC(C)c1nc(N(C)C)nc(N2CCN(C3CCCCC3)CC2)n1. The van der Waals surface area contributed by atoms with E-state index in [9.17, 15) is 0 Å². The summed E-state index contributed by atoms with van der Waals surface area (Å²) in [5.41, 5.74) is 0. The van der Waals surface area contributed by atoms with Gasteiger partial charge < -0.3 is 9.80 Å². The van der Waals surface area contributed by atoms with Crippen molar-refractivity contribution >= 4 is 11.9 Å². The van der Waals surface area contributed by atoms with E-state index in [1.807, 2.05) is 19.0 Å². The summed E-state index contributed by atoms with van der Waals surface area (Å²) in [6, 6.07) is 0.808. The van der Waals surface area contributed by atoms with Crippen molar-refractivity contribution < 1.29 is 0 Å². The smallest absolute Gasteiger partial charge is 0.230 e. The van der Waals surface area contributed by atoms with Gasteiger partial charge in [-0.3, -0.25) is 4.90 Å². The third-order valence-electron chi connectivity index (χ3n) is 5.23. The average molecular weight is 332 g/mol. The number of nitrogens with zero attached hydrogens (tertiary/aromatic N) is 6. The van der Waals surface area contributed by atoms with Crippen LogP contribution in [0.2, 0.25) is 0 Å². The molecule has 1 saturated heterocycles. The van der Waals surface area contributed by atoms with Crippen LogP contribution in [0.15, 0.2) is 0 Å². The molecule has 0 atom stereocenters.